The van der Waals surface area contributed by atoms with Gasteiger partial charge in [-0.1, -0.05) is 29.3 Å². The summed E-state index contributed by atoms with van der Waals surface area (Å²) >= 11 is 5.93. The zero-order valence-electron chi connectivity index (χ0n) is 12.5. The van der Waals surface area contributed by atoms with E-state index < -0.39 is 10.0 Å². The summed E-state index contributed by atoms with van der Waals surface area (Å²) in [4.78, 5) is 0.240. The Morgan fingerprint density at radius 2 is 1.83 bits per heavy atom. The Morgan fingerprint density at radius 1 is 1.13 bits per heavy atom. The van der Waals surface area contributed by atoms with E-state index in [0.29, 0.717) is 17.1 Å². The van der Waals surface area contributed by atoms with Crippen molar-refractivity contribution in [3.63, 3.8) is 0 Å². The van der Waals surface area contributed by atoms with Gasteiger partial charge in [0.1, 0.15) is 6.07 Å². The van der Waals surface area contributed by atoms with Gasteiger partial charge in [0.05, 0.1) is 15.5 Å². The van der Waals surface area contributed by atoms with Crippen LogP contribution < -0.4 is 10.0 Å². The maximum atomic E-state index is 12.1. The molecule has 2 aromatic carbocycles. The van der Waals surface area contributed by atoms with Gasteiger partial charge in [-0.15, -0.1) is 0 Å². The summed E-state index contributed by atoms with van der Waals surface area (Å²) in [6.07, 6.45) is 0. The van der Waals surface area contributed by atoms with Crippen molar-refractivity contribution in [2.24, 2.45) is 0 Å². The van der Waals surface area contributed by atoms with E-state index in [0.717, 1.165) is 11.3 Å². The fraction of sp³-hybridized carbons (Fsp3) is 0.188. The molecule has 0 heterocycles. The third kappa shape index (κ3) is 4.70. The molecule has 0 spiro atoms. The lowest BCUT2D eigenvalue weighted by Crippen LogP contribution is -2.28. The zero-order chi connectivity index (χ0) is 16.9. The van der Waals surface area contributed by atoms with Crippen molar-refractivity contribution in [1.82, 2.24) is 4.72 Å². The number of benzene rings is 2. The summed E-state index contributed by atoms with van der Waals surface area (Å²) in [5, 5.41) is 12.2. The van der Waals surface area contributed by atoms with E-state index in [1.54, 1.807) is 42.5 Å². The van der Waals surface area contributed by atoms with Gasteiger partial charge in [-0.05, 0) is 37.3 Å². The molecule has 5 nitrogen and oxygen atoms in total. The highest BCUT2D eigenvalue weighted by Crippen LogP contribution is 2.19. The van der Waals surface area contributed by atoms with Crippen LogP contribution >= 0.6 is 11.6 Å². The topological polar surface area (TPSA) is 82.0 Å². The van der Waals surface area contributed by atoms with E-state index in [4.69, 9.17) is 16.9 Å². The third-order valence-corrected chi connectivity index (χ3v) is 4.96. The van der Waals surface area contributed by atoms with Crippen LogP contribution in [0.2, 0.25) is 5.02 Å². The quantitative estimate of drug-likeness (QED) is 0.785. The number of nitrogens with zero attached hydrogens (tertiary/aromatic N) is 1. The van der Waals surface area contributed by atoms with Crippen LogP contribution in [0.3, 0.4) is 0 Å². The second-order valence-corrected chi connectivity index (χ2v) is 7.12. The van der Waals surface area contributed by atoms with Gasteiger partial charge in [-0.25, -0.2) is 13.1 Å². The van der Waals surface area contributed by atoms with Crippen LogP contribution in [0.15, 0.2) is 47.4 Å². The molecule has 0 aliphatic rings. The predicted octanol–water partition coefficient (Wildman–Crippen LogP) is 2.91. The Morgan fingerprint density at radius 3 is 2.43 bits per heavy atom. The van der Waals surface area contributed by atoms with Gasteiger partial charge < -0.3 is 5.32 Å². The molecule has 0 fully saturated rings. The molecule has 0 bridgehead atoms. The van der Waals surface area contributed by atoms with Gasteiger partial charge in [-0.2, -0.15) is 5.26 Å². The van der Waals surface area contributed by atoms with Crippen LogP contribution in [0, 0.1) is 18.3 Å². The van der Waals surface area contributed by atoms with Crippen LogP contribution in [-0.2, 0) is 10.0 Å². The molecule has 7 heteroatoms. The predicted molar refractivity (Wildman–Crippen MR) is 91.0 cm³/mol. The molecule has 120 valence electrons. The lowest BCUT2D eigenvalue weighted by Gasteiger charge is -2.09. The van der Waals surface area contributed by atoms with Gasteiger partial charge in [0.2, 0.25) is 10.0 Å². The van der Waals surface area contributed by atoms with Crippen LogP contribution in [-0.4, -0.2) is 21.5 Å². The van der Waals surface area contributed by atoms with E-state index in [-0.39, 0.29) is 11.4 Å². The zero-order valence-corrected chi connectivity index (χ0v) is 14.1. The van der Waals surface area contributed by atoms with Gasteiger partial charge in [-0.3, -0.25) is 0 Å². The van der Waals surface area contributed by atoms with Crippen molar-refractivity contribution in [2.45, 2.75) is 11.8 Å². The molecule has 2 N–H and O–H groups in total. The SMILES string of the molecule is Cc1ccc(S(=O)(=O)NCCNc2ccc(C#N)c(Cl)c2)cc1. The minimum absolute atomic E-state index is 0.230. The largest absolute Gasteiger partial charge is 0.384 e. The second kappa shape index (κ2) is 7.47. The minimum Gasteiger partial charge on any atom is -0.384 e. The molecule has 0 amide bonds. The van der Waals surface area contributed by atoms with Gasteiger partial charge in [0.25, 0.3) is 0 Å². The van der Waals surface area contributed by atoms with Gasteiger partial charge >= 0.3 is 0 Å². The lowest BCUT2D eigenvalue weighted by molar-refractivity contribution is 0.583. The normalized spacial score (nSPS) is 11.0. The number of anilines is 1. The Bertz CT molecular complexity index is 827. The summed E-state index contributed by atoms with van der Waals surface area (Å²) in [7, 11) is -3.51. The number of sulfonamides is 1. The smallest absolute Gasteiger partial charge is 0.240 e. The highest BCUT2D eigenvalue weighted by atomic mass is 35.5. The van der Waals surface area contributed by atoms with Crippen molar-refractivity contribution >= 4 is 27.3 Å². The van der Waals surface area contributed by atoms with Gasteiger partial charge in [0, 0.05) is 18.8 Å². The monoisotopic (exact) mass is 349 g/mol. The average molecular weight is 350 g/mol. The lowest BCUT2D eigenvalue weighted by atomic mass is 10.2. The molecule has 2 rings (SSSR count). The summed E-state index contributed by atoms with van der Waals surface area (Å²) < 4.78 is 26.7. The highest BCUT2D eigenvalue weighted by molar-refractivity contribution is 7.89. The Hall–Kier alpha value is -2.07. The third-order valence-electron chi connectivity index (χ3n) is 3.17. The highest BCUT2D eigenvalue weighted by Gasteiger charge is 2.12. The van der Waals surface area contributed by atoms with Crippen LogP contribution in [0.1, 0.15) is 11.1 Å². The molecule has 0 saturated carbocycles. The summed E-state index contributed by atoms with van der Waals surface area (Å²) in [6.45, 7) is 2.53. The standard InChI is InChI=1S/C16H16ClN3O2S/c1-12-2-6-15(7-3-12)23(21,22)20-9-8-19-14-5-4-13(11-18)16(17)10-14/h2-7,10,19-20H,8-9H2,1H3. The summed E-state index contributed by atoms with van der Waals surface area (Å²) in [5.41, 5.74) is 2.13. The number of aryl methyl sites for hydroxylation is 1. The van der Waals surface area contributed by atoms with Crippen LogP contribution in [0.25, 0.3) is 0 Å². The van der Waals surface area contributed by atoms with Gasteiger partial charge in [0.15, 0.2) is 0 Å². The van der Waals surface area contributed by atoms with Crippen molar-refractivity contribution in [1.29, 1.82) is 5.26 Å². The Kier molecular flexibility index (Phi) is 5.61. The second-order valence-electron chi connectivity index (χ2n) is 4.94. The molecule has 0 aliphatic carbocycles. The molecule has 0 unspecified atom stereocenters. The van der Waals surface area contributed by atoms with E-state index in [1.165, 1.54) is 0 Å². The molecule has 0 atom stereocenters. The van der Waals surface area contributed by atoms with E-state index >= 15 is 0 Å². The number of nitriles is 1. The molecule has 0 aliphatic heterocycles. The molecule has 23 heavy (non-hydrogen) atoms. The number of halogens is 1. The molecule has 0 aromatic heterocycles. The van der Waals surface area contributed by atoms with Crippen LogP contribution in [0.5, 0.6) is 0 Å². The number of hydrogen-bond donors (Lipinski definition) is 2. The molecule has 0 radical (unpaired) electrons. The van der Waals surface area contributed by atoms with Crippen molar-refractivity contribution in [2.75, 3.05) is 18.4 Å². The van der Waals surface area contributed by atoms with Crippen molar-refractivity contribution in [3.8, 4) is 6.07 Å². The maximum Gasteiger partial charge on any atom is 0.240 e. The van der Waals surface area contributed by atoms with E-state index in [1.807, 2.05) is 13.0 Å². The summed E-state index contributed by atoms with van der Waals surface area (Å²) in [6, 6.07) is 13.6. The molecular formula is C16H16ClN3O2S. The van der Waals surface area contributed by atoms with E-state index in [9.17, 15) is 8.42 Å². The number of hydrogen-bond acceptors (Lipinski definition) is 4. The molecular weight excluding hydrogens is 334 g/mol. The number of rotatable bonds is 6. The molecule has 0 saturated heterocycles. The van der Waals surface area contributed by atoms with Crippen molar-refractivity contribution < 1.29 is 8.42 Å². The van der Waals surface area contributed by atoms with E-state index in [2.05, 4.69) is 10.0 Å². The Labute approximate surface area is 141 Å². The number of nitrogens with one attached hydrogen (secondary N) is 2. The molecule has 2 aromatic rings. The first-order valence-corrected chi connectivity index (χ1v) is 8.78. The van der Waals surface area contributed by atoms with Crippen molar-refractivity contribution in [3.05, 3.63) is 58.6 Å². The van der Waals surface area contributed by atoms with Crippen LogP contribution in [0.4, 0.5) is 5.69 Å². The maximum absolute atomic E-state index is 12.1. The first kappa shape index (κ1) is 17.3. The fourth-order valence-corrected chi connectivity index (χ4v) is 3.16. The fourth-order valence-electron chi connectivity index (χ4n) is 1.91. The average Bonchev–Trinajstić information content (AvgIpc) is 2.52. The first-order valence-electron chi connectivity index (χ1n) is 6.92. The minimum atomic E-state index is -3.51. The Balaban J connectivity index is 1.89. The summed E-state index contributed by atoms with van der Waals surface area (Å²) in [5.74, 6) is 0. The first-order chi connectivity index (χ1) is 10.9.